The third-order valence-electron chi connectivity index (χ3n) is 6.52. The van der Waals surface area contributed by atoms with E-state index >= 15 is 0 Å². The first-order chi connectivity index (χ1) is 15.2. The minimum atomic E-state index is -0.446. The standard InChI is InChI=1S/C27H30N2O3/c1-16-23(26(31)32-5)24(18-10-12-28-13-11-18)25-21(29-16)14-19(15-22(25)30)17-6-8-20(9-7-17)27(2,3)4/h6-13,19,24,29H,14-15H2,1-5H3/t19-,24+/m1/s1. The van der Waals surface area contributed by atoms with Gasteiger partial charge in [0.05, 0.1) is 12.7 Å². The second-order valence-electron chi connectivity index (χ2n) is 9.66. The largest absolute Gasteiger partial charge is 0.466 e. The summed E-state index contributed by atoms with van der Waals surface area (Å²) in [6.45, 7) is 8.46. The quantitative estimate of drug-likeness (QED) is 0.701. The number of methoxy groups -OCH3 is 1. The van der Waals surface area contributed by atoms with E-state index in [-0.39, 0.29) is 17.1 Å². The van der Waals surface area contributed by atoms with Gasteiger partial charge >= 0.3 is 5.97 Å². The fraction of sp³-hybridized carbons (Fsp3) is 0.370. The van der Waals surface area contributed by atoms with Gasteiger partial charge in [0.25, 0.3) is 0 Å². The van der Waals surface area contributed by atoms with Crippen LogP contribution in [0.3, 0.4) is 0 Å². The number of aromatic nitrogens is 1. The van der Waals surface area contributed by atoms with Crippen LogP contribution in [0.2, 0.25) is 0 Å². The number of hydrogen-bond acceptors (Lipinski definition) is 5. The Labute approximate surface area is 189 Å². The predicted octanol–water partition coefficient (Wildman–Crippen LogP) is 4.91. The third kappa shape index (κ3) is 3.99. The molecule has 0 amide bonds. The summed E-state index contributed by atoms with van der Waals surface area (Å²) in [6.07, 6.45) is 4.53. The van der Waals surface area contributed by atoms with Gasteiger partial charge in [-0.05, 0) is 53.5 Å². The first kappa shape index (κ1) is 22.0. The molecule has 0 fully saturated rings. The molecule has 1 aromatic heterocycles. The molecule has 0 bridgehead atoms. The number of ether oxygens (including phenoxy) is 1. The zero-order chi connectivity index (χ0) is 23.0. The van der Waals surface area contributed by atoms with Crippen LogP contribution in [0.1, 0.15) is 69.1 Å². The lowest BCUT2D eigenvalue weighted by Crippen LogP contribution is -2.36. The zero-order valence-electron chi connectivity index (χ0n) is 19.4. The van der Waals surface area contributed by atoms with E-state index in [2.05, 4.69) is 55.3 Å². The number of nitrogens with one attached hydrogen (secondary N) is 1. The molecular weight excluding hydrogens is 400 g/mol. The smallest absolute Gasteiger partial charge is 0.336 e. The number of carbonyl (C=O) groups is 2. The van der Waals surface area contributed by atoms with Gasteiger partial charge in [0.15, 0.2) is 5.78 Å². The highest BCUT2D eigenvalue weighted by Crippen LogP contribution is 2.45. The summed E-state index contributed by atoms with van der Waals surface area (Å²) in [6, 6.07) is 12.4. The van der Waals surface area contributed by atoms with Crippen molar-refractivity contribution in [2.24, 2.45) is 0 Å². The summed E-state index contributed by atoms with van der Waals surface area (Å²) in [7, 11) is 1.37. The van der Waals surface area contributed by atoms with Crippen LogP contribution in [0.15, 0.2) is 71.3 Å². The number of carbonyl (C=O) groups excluding carboxylic acids is 2. The van der Waals surface area contributed by atoms with Crippen molar-refractivity contribution >= 4 is 11.8 Å². The molecule has 0 spiro atoms. The normalized spacial score (nSPS) is 21.2. The molecule has 0 saturated carbocycles. The van der Waals surface area contributed by atoms with E-state index in [1.165, 1.54) is 18.2 Å². The fourth-order valence-corrected chi connectivity index (χ4v) is 4.80. The number of rotatable bonds is 3. The van der Waals surface area contributed by atoms with Crippen LogP contribution in [0, 0.1) is 0 Å². The second-order valence-corrected chi connectivity index (χ2v) is 9.66. The number of pyridine rings is 1. The van der Waals surface area contributed by atoms with Gasteiger partial charge in [-0.25, -0.2) is 4.79 Å². The summed E-state index contributed by atoms with van der Waals surface area (Å²) in [5, 5.41) is 3.37. The minimum absolute atomic E-state index is 0.0689. The molecule has 2 atom stereocenters. The molecular formula is C27H30N2O3. The lowest BCUT2D eigenvalue weighted by Gasteiger charge is -2.36. The monoisotopic (exact) mass is 430 g/mol. The Morgan fingerprint density at radius 2 is 1.69 bits per heavy atom. The zero-order valence-corrected chi connectivity index (χ0v) is 19.4. The van der Waals surface area contributed by atoms with Crippen molar-refractivity contribution < 1.29 is 14.3 Å². The Kier molecular flexibility index (Phi) is 5.76. The molecule has 2 aromatic rings. The van der Waals surface area contributed by atoms with E-state index in [9.17, 15) is 9.59 Å². The molecule has 0 radical (unpaired) electrons. The number of ketones is 1. The number of dihydropyridines is 1. The lowest BCUT2D eigenvalue weighted by molar-refractivity contribution is -0.136. The Bertz CT molecular complexity index is 1110. The average molecular weight is 431 g/mol. The first-order valence-electron chi connectivity index (χ1n) is 11.0. The first-order valence-corrected chi connectivity index (χ1v) is 11.0. The fourth-order valence-electron chi connectivity index (χ4n) is 4.80. The highest BCUT2D eigenvalue weighted by atomic mass is 16.5. The van der Waals surface area contributed by atoms with Crippen molar-refractivity contribution in [2.45, 2.75) is 57.8 Å². The van der Waals surface area contributed by atoms with Gasteiger partial charge in [-0.2, -0.15) is 0 Å². The van der Waals surface area contributed by atoms with Crippen LogP contribution in [-0.4, -0.2) is 23.8 Å². The van der Waals surface area contributed by atoms with Crippen LogP contribution in [0.5, 0.6) is 0 Å². The maximum absolute atomic E-state index is 13.5. The van der Waals surface area contributed by atoms with Crippen LogP contribution in [0.4, 0.5) is 0 Å². The number of esters is 1. The Morgan fingerprint density at radius 1 is 1.03 bits per heavy atom. The third-order valence-corrected chi connectivity index (χ3v) is 6.52. The number of Topliss-reactive ketones (excluding diaryl/α,β-unsaturated/α-hetero) is 1. The van der Waals surface area contributed by atoms with Crippen LogP contribution < -0.4 is 5.32 Å². The molecule has 0 saturated heterocycles. The molecule has 2 heterocycles. The Hall–Kier alpha value is -3.21. The summed E-state index contributed by atoms with van der Waals surface area (Å²) < 4.78 is 5.07. The van der Waals surface area contributed by atoms with Crippen molar-refractivity contribution in [2.75, 3.05) is 7.11 Å². The van der Waals surface area contributed by atoms with Gasteiger partial charge < -0.3 is 10.1 Å². The van der Waals surface area contributed by atoms with Gasteiger partial charge in [-0.15, -0.1) is 0 Å². The molecule has 1 aliphatic heterocycles. The maximum Gasteiger partial charge on any atom is 0.336 e. The molecule has 1 aromatic carbocycles. The van der Waals surface area contributed by atoms with E-state index in [1.54, 1.807) is 12.4 Å². The molecule has 1 N–H and O–H groups in total. The van der Waals surface area contributed by atoms with Gasteiger partial charge in [-0.1, -0.05) is 45.0 Å². The number of benzene rings is 1. The molecule has 2 aliphatic rings. The summed E-state index contributed by atoms with van der Waals surface area (Å²) >= 11 is 0. The Morgan fingerprint density at radius 3 is 2.28 bits per heavy atom. The van der Waals surface area contributed by atoms with E-state index in [0.29, 0.717) is 17.6 Å². The van der Waals surface area contributed by atoms with Crippen LogP contribution in [-0.2, 0) is 19.7 Å². The van der Waals surface area contributed by atoms with Crippen LogP contribution in [0.25, 0.3) is 0 Å². The lowest BCUT2D eigenvalue weighted by atomic mass is 9.71. The van der Waals surface area contributed by atoms with Crippen molar-refractivity contribution in [1.82, 2.24) is 10.3 Å². The SMILES string of the molecule is COC(=O)C1=C(C)NC2=C(C(=O)C[C@H](c3ccc(C(C)(C)C)cc3)C2)[C@H]1c1ccncc1. The number of nitrogens with zero attached hydrogens (tertiary/aromatic N) is 1. The molecule has 166 valence electrons. The second kappa shape index (κ2) is 8.38. The van der Waals surface area contributed by atoms with Gasteiger partial charge in [0.1, 0.15) is 0 Å². The molecule has 5 nitrogen and oxygen atoms in total. The van der Waals surface area contributed by atoms with E-state index < -0.39 is 11.9 Å². The van der Waals surface area contributed by atoms with E-state index in [4.69, 9.17) is 4.74 Å². The summed E-state index contributed by atoms with van der Waals surface area (Å²) in [5.74, 6) is -0.692. The molecule has 0 unspecified atom stereocenters. The molecule has 32 heavy (non-hydrogen) atoms. The minimum Gasteiger partial charge on any atom is -0.466 e. The summed E-state index contributed by atoms with van der Waals surface area (Å²) in [5.41, 5.74) is 6.19. The summed E-state index contributed by atoms with van der Waals surface area (Å²) in [4.78, 5) is 30.3. The maximum atomic E-state index is 13.5. The van der Waals surface area contributed by atoms with Gasteiger partial charge in [0.2, 0.25) is 0 Å². The highest BCUT2D eigenvalue weighted by molar-refractivity contribution is 6.04. The van der Waals surface area contributed by atoms with Gasteiger partial charge in [-0.3, -0.25) is 9.78 Å². The van der Waals surface area contributed by atoms with Crippen molar-refractivity contribution in [1.29, 1.82) is 0 Å². The topological polar surface area (TPSA) is 68.3 Å². The molecule has 1 aliphatic carbocycles. The van der Waals surface area contributed by atoms with Crippen molar-refractivity contribution in [3.8, 4) is 0 Å². The van der Waals surface area contributed by atoms with Crippen LogP contribution >= 0.6 is 0 Å². The van der Waals surface area contributed by atoms with E-state index in [0.717, 1.165) is 23.4 Å². The average Bonchev–Trinajstić information content (AvgIpc) is 2.77. The van der Waals surface area contributed by atoms with Crippen molar-refractivity contribution in [3.63, 3.8) is 0 Å². The number of hydrogen-bond donors (Lipinski definition) is 1. The van der Waals surface area contributed by atoms with Crippen molar-refractivity contribution in [3.05, 3.63) is 88.0 Å². The number of allylic oxidation sites excluding steroid dienone is 3. The molecule has 5 heteroatoms. The van der Waals surface area contributed by atoms with E-state index in [1.807, 2.05) is 19.1 Å². The Balaban J connectivity index is 1.73. The van der Waals surface area contributed by atoms with Gasteiger partial charge in [0, 0.05) is 41.7 Å². The highest BCUT2D eigenvalue weighted by Gasteiger charge is 2.41. The molecule has 4 rings (SSSR count). The predicted molar refractivity (Wildman–Crippen MR) is 124 cm³/mol.